The minimum atomic E-state index is 0.112. The lowest BCUT2D eigenvalue weighted by Crippen LogP contribution is -2.50. The van der Waals surface area contributed by atoms with E-state index >= 15 is 0 Å². The maximum Gasteiger partial charge on any atom is 0.324 e. The van der Waals surface area contributed by atoms with Crippen molar-refractivity contribution in [1.29, 1.82) is 0 Å². The van der Waals surface area contributed by atoms with Crippen LogP contribution in [0.1, 0.15) is 81.2 Å². The molecule has 4 rings (SSSR count). The van der Waals surface area contributed by atoms with Crippen LogP contribution in [0.15, 0.2) is 0 Å². The molecular weight excluding hydrogens is 318 g/mol. The van der Waals surface area contributed by atoms with Crippen LogP contribution in [-0.2, 0) is 12.8 Å². The minimum absolute atomic E-state index is 0.112. The third-order valence-electron chi connectivity index (χ3n) is 5.98. The lowest BCUT2D eigenvalue weighted by molar-refractivity contribution is 0.114. The van der Waals surface area contributed by atoms with Crippen molar-refractivity contribution in [1.82, 2.24) is 9.88 Å². The van der Waals surface area contributed by atoms with E-state index in [9.17, 15) is 4.79 Å². The summed E-state index contributed by atoms with van der Waals surface area (Å²) in [6.45, 7) is 0. The van der Waals surface area contributed by atoms with Gasteiger partial charge in [0.1, 0.15) is 0 Å². The fraction of sp³-hybridized carbons (Fsp3) is 0.789. The highest BCUT2D eigenvalue weighted by Gasteiger charge is 2.33. The average Bonchev–Trinajstić information content (AvgIpc) is 3.18. The highest BCUT2D eigenvalue weighted by molar-refractivity contribution is 7.15. The normalized spacial score (nSPS) is 22.3. The number of amides is 2. The fourth-order valence-corrected chi connectivity index (χ4v) is 5.79. The van der Waals surface area contributed by atoms with Crippen molar-refractivity contribution in [2.75, 3.05) is 5.32 Å². The first-order chi connectivity index (χ1) is 11.8. The molecule has 1 aromatic heterocycles. The van der Waals surface area contributed by atoms with Gasteiger partial charge in [-0.1, -0.05) is 38.5 Å². The number of nitrogens with zero attached hydrogens (tertiary/aromatic N) is 2. The van der Waals surface area contributed by atoms with Crippen molar-refractivity contribution in [3.05, 3.63) is 10.6 Å². The summed E-state index contributed by atoms with van der Waals surface area (Å²) in [5.41, 5.74) is 1.22. The molecule has 0 bridgehead atoms. The molecule has 0 atom stereocenters. The number of aromatic nitrogens is 1. The summed E-state index contributed by atoms with van der Waals surface area (Å²) in [6, 6.07) is 0.989. The Kier molecular flexibility index (Phi) is 5.06. The monoisotopic (exact) mass is 347 g/mol. The van der Waals surface area contributed by atoms with Gasteiger partial charge in [-0.25, -0.2) is 9.78 Å². The van der Waals surface area contributed by atoms with Crippen molar-refractivity contribution < 1.29 is 4.79 Å². The molecule has 0 radical (unpaired) electrons. The fourth-order valence-electron chi connectivity index (χ4n) is 4.75. The summed E-state index contributed by atoms with van der Waals surface area (Å²) in [6.07, 6.45) is 15.9. The summed E-state index contributed by atoms with van der Waals surface area (Å²) in [5.74, 6) is 0. The van der Waals surface area contributed by atoms with Crippen molar-refractivity contribution >= 4 is 22.5 Å². The molecule has 3 aliphatic carbocycles. The second kappa shape index (κ2) is 7.42. The molecule has 4 nitrogen and oxygen atoms in total. The van der Waals surface area contributed by atoms with E-state index in [2.05, 4.69) is 15.2 Å². The van der Waals surface area contributed by atoms with Crippen LogP contribution in [-0.4, -0.2) is 28.0 Å². The molecule has 3 aliphatic rings. The molecule has 2 fully saturated rings. The molecule has 1 heterocycles. The highest BCUT2D eigenvalue weighted by atomic mass is 32.1. The van der Waals surface area contributed by atoms with Crippen LogP contribution >= 0.6 is 11.3 Å². The number of nitrogens with one attached hydrogen (secondary N) is 1. The van der Waals surface area contributed by atoms with Crippen LogP contribution in [0, 0.1) is 0 Å². The molecule has 5 heteroatoms. The van der Waals surface area contributed by atoms with E-state index in [-0.39, 0.29) is 6.03 Å². The van der Waals surface area contributed by atoms with E-state index < -0.39 is 0 Å². The first kappa shape index (κ1) is 16.4. The van der Waals surface area contributed by atoms with E-state index in [1.54, 1.807) is 11.3 Å². The first-order valence-corrected chi connectivity index (χ1v) is 10.7. The lowest BCUT2D eigenvalue weighted by Gasteiger charge is -2.41. The number of hydrogen-bond acceptors (Lipinski definition) is 3. The maximum atomic E-state index is 13.1. The topological polar surface area (TPSA) is 45.2 Å². The van der Waals surface area contributed by atoms with Gasteiger partial charge in [-0.15, -0.1) is 11.3 Å². The Balaban J connectivity index is 1.48. The van der Waals surface area contributed by atoms with Gasteiger partial charge in [-0.2, -0.15) is 0 Å². The van der Waals surface area contributed by atoms with Crippen LogP contribution in [0.2, 0.25) is 0 Å². The van der Waals surface area contributed by atoms with E-state index in [0.717, 1.165) is 18.0 Å². The molecule has 1 N–H and O–H groups in total. The zero-order valence-electron chi connectivity index (χ0n) is 14.6. The number of fused-ring (bicyclic) bond motifs is 1. The smallest absolute Gasteiger partial charge is 0.319 e. The van der Waals surface area contributed by atoms with Crippen molar-refractivity contribution in [2.24, 2.45) is 0 Å². The predicted octanol–water partition coefficient (Wildman–Crippen LogP) is 5.13. The number of urea groups is 1. The van der Waals surface area contributed by atoms with Crippen LogP contribution in [0.5, 0.6) is 0 Å². The molecule has 1 aromatic rings. The van der Waals surface area contributed by atoms with Gasteiger partial charge < -0.3 is 4.90 Å². The Labute approximate surface area is 149 Å². The zero-order valence-corrected chi connectivity index (χ0v) is 15.4. The van der Waals surface area contributed by atoms with Gasteiger partial charge in [-0.3, -0.25) is 5.32 Å². The number of carbonyl (C=O) groups excluding carboxylic acids is 1. The average molecular weight is 348 g/mol. The number of hydrogen-bond donors (Lipinski definition) is 1. The van der Waals surface area contributed by atoms with Gasteiger partial charge in [0.05, 0.1) is 5.69 Å². The van der Waals surface area contributed by atoms with Crippen molar-refractivity contribution in [3.63, 3.8) is 0 Å². The highest BCUT2D eigenvalue weighted by Crippen LogP contribution is 2.33. The van der Waals surface area contributed by atoms with Crippen LogP contribution in [0.4, 0.5) is 9.93 Å². The Morgan fingerprint density at radius 3 is 2.12 bits per heavy atom. The Hall–Kier alpha value is -1.10. The Morgan fingerprint density at radius 1 is 0.917 bits per heavy atom. The van der Waals surface area contributed by atoms with Crippen LogP contribution in [0.25, 0.3) is 0 Å². The second-order valence-electron chi connectivity index (χ2n) is 7.66. The van der Waals surface area contributed by atoms with Crippen molar-refractivity contribution in [3.8, 4) is 0 Å². The standard InChI is InChI=1S/C19H29N3OS/c23-19(21-18-20-16-12-7-13-17(16)24-18)22(14-8-3-1-4-9-14)15-10-5-2-6-11-15/h14-15H,1-13H2,(H,20,21,23). The van der Waals surface area contributed by atoms with Gasteiger partial charge >= 0.3 is 6.03 Å². The summed E-state index contributed by atoms with van der Waals surface area (Å²) in [5, 5.41) is 3.98. The van der Waals surface area contributed by atoms with E-state index in [1.165, 1.54) is 81.2 Å². The van der Waals surface area contributed by atoms with Crippen LogP contribution in [0.3, 0.4) is 0 Å². The van der Waals surface area contributed by atoms with Gasteiger partial charge in [0.25, 0.3) is 0 Å². The van der Waals surface area contributed by atoms with Gasteiger partial charge in [0.2, 0.25) is 0 Å². The SMILES string of the molecule is O=C(Nc1nc2c(s1)CCC2)N(C1CCCCC1)C1CCCCC1. The largest absolute Gasteiger partial charge is 0.324 e. The minimum Gasteiger partial charge on any atom is -0.319 e. The second-order valence-corrected chi connectivity index (χ2v) is 8.75. The molecule has 24 heavy (non-hydrogen) atoms. The van der Waals surface area contributed by atoms with Crippen molar-refractivity contribution in [2.45, 2.75) is 95.6 Å². The van der Waals surface area contributed by atoms with Gasteiger partial charge in [0, 0.05) is 17.0 Å². The molecule has 0 aliphatic heterocycles. The Morgan fingerprint density at radius 2 is 1.54 bits per heavy atom. The summed E-state index contributed by atoms with van der Waals surface area (Å²) >= 11 is 1.69. The summed E-state index contributed by atoms with van der Waals surface area (Å²) in [7, 11) is 0. The predicted molar refractivity (Wildman–Crippen MR) is 98.7 cm³/mol. The van der Waals surface area contributed by atoms with Gasteiger partial charge in [0.15, 0.2) is 5.13 Å². The molecular formula is C19H29N3OS. The lowest BCUT2D eigenvalue weighted by atomic mass is 9.89. The maximum absolute atomic E-state index is 13.1. The number of rotatable bonds is 3. The summed E-state index contributed by atoms with van der Waals surface area (Å²) < 4.78 is 0. The van der Waals surface area contributed by atoms with E-state index in [0.29, 0.717) is 12.1 Å². The molecule has 0 saturated heterocycles. The Bertz CT molecular complexity index is 534. The number of anilines is 1. The number of aryl methyl sites for hydroxylation is 2. The first-order valence-electron chi connectivity index (χ1n) is 9.89. The molecule has 0 unspecified atom stereocenters. The molecule has 132 valence electrons. The van der Waals surface area contributed by atoms with E-state index in [1.807, 2.05) is 0 Å². The zero-order chi connectivity index (χ0) is 16.4. The van der Waals surface area contributed by atoms with E-state index in [4.69, 9.17) is 0 Å². The van der Waals surface area contributed by atoms with Crippen LogP contribution < -0.4 is 5.32 Å². The van der Waals surface area contributed by atoms with Gasteiger partial charge in [-0.05, 0) is 44.9 Å². The molecule has 2 saturated carbocycles. The quantitative estimate of drug-likeness (QED) is 0.823. The number of thiazole rings is 1. The molecule has 0 aromatic carbocycles. The molecule has 2 amide bonds. The third kappa shape index (κ3) is 3.46. The number of carbonyl (C=O) groups is 1. The third-order valence-corrected chi connectivity index (χ3v) is 7.05. The summed E-state index contributed by atoms with van der Waals surface area (Å²) in [4.78, 5) is 21.4. The molecule has 0 spiro atoms.